The number of anilines is 1. The molecule has 0 radical (unpaired) electrons. The van der Waals surface area contributed by atoms with Crippen molar-refractivity contribution in [1.82, 2.24) is 0 Å². The van der Waals surface area contributed by atoms with Gasteiger partial charge in [0.05, 0.1) is 11.4 Å². The monoisotopic (exact) mass is 335 g/mol. The van der Waals surface area contributed by atoms with Crippen LogP contribution in [0, 0.1) is 12.7 Å². The molecule has 0 heterocycles. The van der Waals surface area contributed by atoms with E-state index < -0.39 is 15.8 Å². The zero-order chi connectivity index (χ0) is 17.3. The Morgan fingerprint density at radius 3 is 2.26 bits per heavy atom. The second-order valence-electron chi connectivity index (χ2n) is 6.74. The summed E-state index contributed by atoms with van der Waals surface area (Å²) < 4.78 is 41.1. The van der Waals surface area contributed by atoms with Gasteiger partial charge in [0.2, 0.25) is 10.0 Å². The molecule has 23 heavy (non-hydrogen) atoms. The molecule has 2 aromatic rings. The number of nitrogens with one attached hydrogen (secondary N) is 1. The molecule has 0 aromatic heterocycles. The summed E-state index contributed by atoms with van der Waals surface area (Å²) in [5.74, 6) is -0.751. The van der Waals surface area contributed by atoms with Gasteiger partial charge in [-0.3, -0.25) is 4.72 Å². The van der Waals surface area contributed by atoms with Crippen molar-refractivity contribution in [2.45, 2.75) is 38.9 Å². The smallest absolute Gasteiger partial charge is 0.237 e. The molecule has 0 saturated carbocycles. The van der Waals surface area contributed by atoms with Gasteiger partial charge in [0.15, 0.2) is 0 Å². The lowest BCUT2D eigenvalue weighted by Gasteiger charge is -2.23. The molecule has 0 unspecified atom stereocenters. The molecule has 5 heteroatoms. The van der Waals surface area contributed by atoms with E-state index in [9.17, 15) is 12.8 Å². The summed E-state index contributed by atoms with van der Waals surface area (Å²) in [5, 5.41) is 0. The van der Waals surface area contributed by atoms with Crippen LogP contribution >= 0.6 is 0 Å². The van der Waals surface area contributed by atoms with Gasteiger partial charge < -0.3 is 0 Å². The molecular weight excluding hydrogens is 313 g/mol. The van der Waals surface area contributed by atoms with E-state index in [-0.39, 0.29) is 16.9 Å². The first-order valence-corrected chi connectivity index (χ1v) is 9.09. The minimum absolute atomic E-state index is 0.00328. The SMILES string of the molecule is Cc1cc(F)c(NS(=O)(=O)Cc2ccccc2)cc1C(C)(C)C. The van der Waals surface area contributed by atoms with Crippen molar-refractivity contribution in [3.63, 3.8) is 0 Å². The molecule has 2 rings (SSSR count). The molecule has 3 nitrogen and oxygen atoms in total. The summed E-state index contributed by atoms with van der Waals surface area (Å²) in [4.78, 5) is 0. The lowest BCUT2D eigenvalue weighted by atomic mass is 9.84. The highest BCUT2D eigenvalue weighted by atomic mass is 32.2. The van der Waals surface area contributed by atoms with Gasteiger partial charge in [-0.1, -0.05) is 51.1 Å². The Morgan fingerprint density at radius 2 is 1.70 bits per heavy atom. The van der Waals surface area contributed by atoms with Crippen LogP contribution in [0.15, 0.2) is 42.5 Å². The molecule has 0 aliphatic rings. The molecule has 0 aliphatic carbocycles. The third-order valence-corrected chi connectivity index (χ3v) is 4.83. The number of halogens is 1. The normalized spacial score (nSPS) is 12.2. The number of sulfonamides is 1. The van der Waals surface area contributed by atoms with Crippen LogP contribution in [0.3, 0.4) is 0 Å². The standard InChI is InChI=1S/C18H22FNO2S/c1-13-10-16(19)17(11-15(13)18(2,3)4)20-23(21,22)12-14-8-6-5-7-9-14/h5-11,20H,12H2,1-4H3. The van der Waals surface area contributed by atoms with Gasteiger partial charge in [-0.15, -0.1) is 0 Å². The molecule has 0 amide bonds. The van der Waals surface area contributed by atoms with Crippen molar-refractivity contribution < 1.29 is 12.8 Å². The Balaban J connectivity index is 2.32. The topological polar surface area (TPSA) is 46.2 Å². The van der Waals surface area contributed by atoms with Crippen LogP contribution in [0.25, 0.3) is 0 Å². The highest BCUT2D eigenvalue weighted by Gasteiger charge is 2.21. The number of rotatable bonds is 4. The van der Waals surface area contributed by atoms with Crippen LogP contribution in [0.4, 0.5) is 10.1 Å². The van der Waals surface area contributed by atoms with Crippen LogP contribution in [-0.2, 0) is 21.2 Å². The fraction of sp³-hybridized carbons (Fsp3) is 0.333. The maximum absolute atomic E-state index is 14.2. The molecule has 2 aromatic carbocycles. The fourth-order valence-electron chi connectivity index (χ4n) is 2.56. The van der Waals surface area contributed by atoms with Gasteiger partial charge in [-0.2, -0.15) is 0 Å². The zero-order valence-corrected chi connectivity index (χ0v) is 14.7. The van der Waals surface area contributed by atoms with Crippen molar-refractivity contribution in [2.75, 3.05) is 4.72 Å². The van der Waals surface area contributed by atoms with E-state index >= 15 is 0 Å². The van der Waals surface area contributed by atoms with Crippen molar-refractivity contribution in [3.05, 3.63) is 65.0 Å². The largest absolute Gasteiger partial charge is 0.280 e. The van der Waals surface area contributed by atoms with E-state index in [0.29, 0.717) is 5.56 Å². The van der Waals surface area contributed by atoms with Crippen LogP contribution in [0.5, 0.6) is 0 Å². The number of aryl methyl sites for hydroxylation is 1. The Bertz CT molecular complexity index is 794. The van der Waals surface area contributed by atoms with Gasteiger partial charge in [0.1, 0.15) is 5.82 Å². The first kappa shape index (κ1) is 17.5. The number of hydrogen-bond donors (Lipinski definition) is 1. The summed E-state index contributed by atoms with van der Waals surface area (Å²) in [6.45, 7) is 7.85. The summed E-state index contributed by atoms with van der Waals surface area (Å²) in [5.41, 5.74) is 2.18. The molecule has 124 valence electrons. The summed E-state index contributed by atoms with van der Waals surface area (Å²) in [6, 6.07) is 11.8. The van der Waals surface area contributed by atoms with E-state index in [1.165, 1.54) is 6.07 Å². The van der Waals surface area contributed by atoms with Crippen molar-refractivity contribution in [1.29, 1.82) is 0 Å². The van der Waals surface area contributed by atoms with E-state index in [2.05, 4.69) is 4.72 Å². The maximum atomic E-state index is 14.2. The van der Waals surface area contributed by atoms with Crippen molar-refractivity contribution >= 4 is 15.7 Å². The number of hydrogen-bond acceptors (Lipinski definition) is 2. The van der Waals surface area contributed by atoms with E-state index in [4.69, 9.17) is 0 Å². The Kier molecular flexibility index (Phi) is 4.80. The van der Waals surface area contributed by atoms with Gasteiger partial charge in [-0.05, 0) is 41.2 Å². The third-order valence-electron chi connectivity index (χ3n) is 3.59. The first-order chi connectivity index (χ1) is 10.6. The van der Waals surface area contributed by atoms with Crippen LogP contribution in [0.1, 0.15) is 37.5 Å². The van der Waals surface area contributed by atoms with Gasteiger partial charge in [-0.25, -0.2) is 12.8 Å². The molecule has 0 saturated heterocycles. The predicted octanol–water partition coefficient (Wildman–Crippen LogP) is 4.37. The quantitative estimate of drug-likeness (QED) is 0.901. The Hall–Kier alpha value is -1.88. The molecule has 0 spiro atoms. The third kappa shape index (κ3) is 4.55. The second kappa shape index (κ2) is 6.32. The number of benzene rings is 2. The van der Waals surface area contributed by atoms with E-state index in [1.54, 1.807) is 30.3 Å². The molecular formula is C18H22FNO2S. The Labute approximate surface area is 137 Å². The molecule has 0 fully saturated rings. The summed E-state index contributed by atoms with van der Waals surface area (Å²) >= 11 is 0. The van der Waals surface area contributed by atoms with Crippen LogP contribution in [0.2, 0.25) is 0 Å². The van der Waals surface area contributed by atoms with Crippen LogP contribution < -0.4 is 4.72 Å². The molecule has 0 aliphatic heterocycles. The summed E-state index contributed by atoms with van der Waals surface area (Å²) in [6.07, 6.45) is 0. The Morgan fingerprint density at radius 1 is 1.09 bits per heavy atom. The summed E-state index contributed by atoms with van der Waals surface area (Å²) in [7, 11) is -3.68. The molecule has 0 atom stereocenters. The highest BCUT2D eigenvalue weighted by Crippen LogP contribution is 2.30. The lowest BCUT2D eigenvalue weighted by Crippen LogP contribution is -2.18. The highest BCUT2D eigenvalue weighted by molar-refractivity contribution is 7.91. The lowest BCUT2D eigenvalue weighted by molar-refractivity contribution is 0.578. The minimum Gasteiger partial charge on any atom is -0.280 e. The fourth-order valence-corrected chi connectivity index (χ4v) is 3.75. The van der Waals surface area contributed by atoms with E-state index in [1.807, 2.05) is 33.8 Å². The minimum atomic E-state index is -3.68. The first-order valence-electron chi connectivity index (χ1n) is 7.43. The average molecular weight is 335 g/mol. The van der Waals surface area contributed by atoms with Crippen LogP contribution in [-0.4, -0.2) is 8.42 Å². The van der Waals surface area contributed by atoms with Gasteiger partial charge in [0, 0.05) is 0 Å². The predicted molar refractivity (Wildman–Crippen MR) is 92.5 cm³/mol. The maximum Gasteiger partial charge on any atom is 0.237 e. The second-order valence-corrected chi connectivity index (χ2v) is 8.47. The average Bonchev–Trinajstić information content (AvgIpc) is 2.41. The van der Waals surface area contributed by atoms with Gasteiger partial charge >= 0.3 is 0 Å². The van der Waals surface area contributed by atoms with Gasteiger partial charge in [0.25, 0.3) is 0 Å². The van der Waals surface area contributed by atoms with Crippen molar-refractivity contribution in [2.24, 2.45) is 0 Å². The zero-order valence-electron chi connectivity index (χ0n) is 13.9. The molecule has 0 bridgehead atoms. The van der Waals surface area contributed by atoms with Crippen molar-refractivity contribution in [3.8, 4) is 0 Å². The van der Waals surface area contributed by atoms with E-state index in [0.717, 1.165) is 11.1 Å². The molecule has 1 N–H and O–H groups in total.